The normalized spacial score (nSPS) is 26.5. The number of aromatic nitrogens is 2. The summed E-state index contributed by atoms with van der Waals surface area (Å²) < 4.78 is 17.5. The highest BCUT2D eigenvalue weighted by atomic mass is 32.1. The van der Waals surface area contributed by atoms with Gasteiger partial charge in [0, 0.05) is 28.3 Å². The molecule has 1 fully saturated rings. The second kappa shape index (κ2) is 7.53. The average Bonchev–Trinajstić information content (AvgIpc) is 3.48. The van der Waals surface area contributed by atoms with Crippen LogP contribution in [0.3, 0.4) is 0 Å². The first-order chi connectivity index (χ1) is 14.8. The molecule has 0 bridgehead atoms. The predicted octanol–water partition coefficient (Wildman–Crippen LogP) is 1.15. The molecule has 0 radical (unpaired) electrons. The van der Waals surface area contributed by atoms with E-state index in [1.807, 2.05) is 13.0 Å². The van der Waals surface area contributed by atoms with Crippen LogP contribution in [-0.2, 0) is 6.42 Å². The molecular formula is C23H28FN3O3S. The number of halogens is 1. The number of H-pyrrole nitrogens is 1. The van der Waals surface area contributed by atoms with Gasteiger partial charge in [-0.3, -0.25) is 14.3 Å². The first-order valence-corrected chi connectivity index (χ1v) is 11.9. The molecule has 6 nitrogen and oxygen atoms in total. The zero-order chi connectivity index (χ0) is 22.0. The Kier molecular flexibility index (Phi) is 5.07. The van der Waals surface area contributed by atoms with Crippen LogP contribution in [-0.4, -0.2) is 33.5 Å². The highest BCUT2D eigenvalue weighted by Gasteiger charge is 2.37. The molecule has 2 aromatic heterocycles. The molecule has 31 heavy (non-hydrogen) atoms. The van der Waals surface area contributed by atoms with Crippen LogP contribution in [0.15, 0.2) is 15.7 Å². The van der Waals surface area contributed by atoms with Crippen molar-refractivity contribution in [2.75, 3.05) is 6.54 Å². The van der Waals surface area contributed by atoms with E-state index in [0.29, 0.717) is 16.1 Å². The van der Waals surface area contributed by atoms with Crippen molar-refractivity contribution in [2.24, 2.45) is 5.73 Å². The van der Waals surface area contributed by atoms with Gasteiger partial charge in [0.05, 0.1) is 22.6 Å². The van der Waals surface area contributed by atoms with E-state index in [2.05, 4.69) is 4.98 Å². The number of fused-ring (bicyclic) bond motifs is 2. The van der Waals surface area contributed by atoms with Crippen molar-refractivity contribution < 1.29 is 9.50 Å². The first-order valence-electron chi connectivity index (χ1n) is 11.0. The number of nitrogens with zero attached hydrogens (tertiary/aromatic N) is 1. The summed E-state index contributed by atoms with van der Waals surface area (Å²) in [6, 6.07) is 2.10. The summed E-state index contributed by atoms with van der Waals surface area (Å²) in [5, 5.41) is 11.3. The Hall–Kier alpha value is -2.03. The van der Waals surface area contributed by atoms with Crippen molar-refractivity contribution in [2.45, 2.75) is 76.1 Å². The number of hydrogen-bond donors (Lipinski definition) is 3. The van der Waals surface area contributed by atoms with E-state index in [4.69, 9.17) is 5.73 Å². The van der Waals surface area contributed by atoms with Crippen LogP contribution in [0.25, 0.3) is 11.1 Å². The fourth-order valence-electron chi connectivity index (χ4n) is 5.42. The van der Waals surface area contributed by atoms with Gasteiger partial charge in [-0.15, -0.1) is 11.3 Å². The van der Waals surface area contributed by atoms with Gasteiger partial charge in [0.25, 0.3) is 5.56 Å². The molecule has 0 saturated heterocycles. The minimum Gasteiger partial charge on any atom is -0.391 e. The molecule has 4 N–H and O–H groups in total. The number of aryl methyl sites for hydroxylation is 1. The maximum atomic E-state index is 15.8. The van der Waals surface area contributed by atoms with Gasteiger partial charge in [-0.1, -0.05) is 0 Å². The number of aliphatic hydroxyl groups is 1. The van der Waals surface area contributed by atoms with Gasteiger partial charge < -0.3 is 10.8 Å². The molecule has 8 heteroatoms. The van der Waals surface area contributed by atoms with Crippen LogP contribution >= 0.6 is 11.3 Å². The molecule has 4 atom stereocenters. The van der Waals surface area contributed by atoms with E-state index in [9.17, 15) is 14.7 Å². The lowest BCUT2D eigenvalue weighted by atomic mass is 9.81. The number of thiophene rings is 1. The predicted molar refractivity (Wildman–Crippen MR) is 120 cm³/mol. The summed E-state index contributed by atoms with van der Waals surface area (Å²) in [5.74, 6) is -0.560. The van der Waals surface area contributed by atoms with Gasteiger partial charge in [-0.25, -0.2) is 9.18 Å². The van der Waals surface area contributed by atoms with Crippen LogP contribution in [0.2, 0.25) is 0 Å². The van der Waals surface area contributed by atoms with Crippen molar-refractivity contribution in [1.29, 1.82) is 0 Å². The quantitative estimate of drug-likeness (QED) is 0.657. The highest BCUT2D eigenvalue weighted by molar-refractivity contribution is 7.12. The summed E-state index contributed by atoms with van der Waals surface area (Å²) in [7, 11) is 0. The molecule has 0 aromatic carbocycles. The minimum absolute atomic E-state index is 0.0226. The molecular weight excluding hydrogens is 417 g/mol. The second-order valence-corrected chi connectivity index (χ2v) is 10.3. The first kappa shape index (κ1) is 20.8. The Balaban J connectivity index is 1.73. The fraction of sp³-hybridized carbons (Fsp3) is 0.565. The Labute approximate surface area is 182 Å². The third-order valence-electron chi connectivity index (χ3n) is 7.19. The SMILES string of the molecule is CC1=c2c(=O)[nH]c(=O)n(C3CC3)c2=C(C)C(c2cc3c(s2)CCCC3C(O)CN)C1F. The number of aromatic amines is 1. The largest absolute Gasteiger partial charge is 0.391 e. The number of nitrogens with two attached hydrogens (primary N) is 1. The molecule has 5 rings (SSSR count). The van der Waals surface area contributed by atoms with Crippen LogP contribution < -0.4 is 27.6 Å². The van der Waals surface area contributed by atoms with Crippen LogP contribution in [0.5, 0.6) is 0 Å². The Bertz CT molecular complexity index is 1290. The molecule has 1 saturated carbocycles. The van der Waals surface area contributed by atoms with Crippen molar-refractivity contribution in [1.82, 2.24) is 9.55 Å². The van der Waals surface area contributed by atoms with E-state index in [0.717, 1.165) is 48.1 Å². The third-order valence-corrected chi connectivity index (χ3v) is 8.48. The lowest BCUT2D eigenvalue weighted by molar-refractivity contribution is 0.142. The molecule has 3 aliphatic rings. The minimum atomic E-state index is -1.34. The van der Waals surface area contributed by atoms with Crippen LogP contribution in [0.4, 0.5) is 4.39 Å². The topological polar surface area (TPSA) is 101 Å². The summed E-state index contributed by atoms with van der Waals surface area (Å²) in [5.41, 5.74) is 7.00. The van der Waals surface area contributed by atoms with Crippen molar-refractivity contribution >= 4 is 22.5 Å². The van der Waals surface area contributed by atoms with E-state index in [-0.39, 0.29) is 18.5 Å². The van der Waals surface area contributed by atoms with Gasteiger partial charge >= 0.3 is 5.69 Å². The number of nitrogens with one attached hydrogen (secondary N) is 1. The maximum Gasteiger partial charge on any atom is 0.329 e. The number of hydrogen-bond acceptors (Lipinski definition) is 5. The summed E-state index contributed by atoms with van der Waals surface area (Å²) in [6.07, 6.45) is 2.61. The van der Waals surface area contributed by atoms with Gasteiger partial charge in [0.2, 0.25) is 0 Å². The molecule has 0 amide bonds. The summed E-state index contributed by atoms with van der Waals surface area (Å²) >= 11 is 1.60. The fourth-order valence-corrected chi connectivity index (χ4v) is 6.89. The maximum absolute atomic E-state index is 15.8. The van der Waals surface area contributed by atoms with E-state index in [1.165, 1.54) is 4.88 Å². The summed E-state index contributed by atoms with van der Waals surface area (Å²) in [6.45, 7) is 3.71. The van der Waals surface area contributed by atoms with Gasteiger partial charge in [-0.05, 0) is 68.7 Å². The molecule has 0 spiro atoms. The number of alkyl halides is 1. The zero-order valence-corrected chi connectivity index (χ0v) is 18.6. The van der Waals surface area contributed by atoms with Crippen molar-refractivity contribution in [3.05, 3.63) is 52.8 Å². The molecule has 2 aromatic rings. The van der Waals surface area contributed by atoms with E-state index in [1.54, 1.807) is 22.8 Å². The Morgan fingerprint density at radius 2 is 2.03 bits per heavy atom. The third kappa shape index (κ3) is 3.18. The zero-order valence-electron chi connectivity index (χ0n) is 17.8. The molecule has 4 unspecified atom stereocenters. The highest BCUT2D eigenvalue weighted by Crippen LogP contribution is 2.45. The standard InChI is InChI=1S/C23H28FN3O3S/c1-10-19-21(27(12-6-7-12)23(30)26-22(19)29)11(2)18(20(10)24)17-8-14-13(15(28)9-25)4-3-5-16(14)31-17/h8,12-13,15,18,20,28H,3-7,9,25H2,1-2H3,(H,26,29,30). The number of rotatable bonds is 4. The van der Waals surface area contributed by atoms with Gasteiger partial charge in [-0.2, -0.15) is 0 Å². The average molecular weight is 446 g/mol. The summed E-state index contributed by atoms with van der Waals surface area (Å²) in [4.78, 5) is 29.7. The van der Waals surface area contributed by atoms with Crippen LogP contribution in [0.1, 0.15) is 72.7 Å². The lowest BCUT2D eigenvalue weighted by Crippen LogP contribution is -2.58. The Morgan fingerprint density at radius 3 is 2.71 bits per heavy atom. The van der Waals surface area contributed by atoms with E-state index < -0.39 is 29.4 Å². The molecule has 166 valence electrons. The smallest absolute Gasteiger partial charge is 0.329 e. The molecule has 3 aliphatic carbocycles. The van der Waals surface area contributed by atoms with E-state index >= 15 is 4.39 Å². The number of aliphatic hydroxyl groups excluding tert-OH is 1. The molecule has 2 heterocycles. The monoisotopic (exact) mass is 445 g/mol. The van der Waals surface area contributed by atoms with Crippen molar-refractivity contribution in [3.63, 3.8) is 0 Å². The Morgan fingerprint density at radius 1 is 1.29 bits per heavy atom. The lowest BCUT2D eigenvalue weighted by Gasteiger charge is -2.27. The van der Waals surface area contributed by atoms with Crippen LogP contribution in [0, 0.1) is 0 Å². The van der Waals surface area contributed by atoms with Crippen molar-refractivity contribution in [3.8, 4) is 0 Å². The van der Waals surface area contributed by atoms with Gasteiger partial charge in [0.1, 0.15) is 6.17 Å². The second-order valence-electron chi connectivity index (χ2n) is 9.16. The van der Waals surface area contributed by atoms with Gasteiger partial charge in [0.15, 0.2) is 0 Å². The molecule has 0 aliphatic heterocycles.